The van der Waals surface area contributed by atoms with Gasteiger partial charge in [0, 0.05) is 32.4 Å². The Hall–Kier alpha value is -2.79. The summed E-state index contributed by atoms with van der Waals surface area (Å²) in [5, 5.41) is 2.69. The molecule has 4 rings (SSSR count). The number of cyclic esters (lactones) is 1. The maximum Gasteiger partial charge on any atom is 0.417 e. The number of anilines is 1. The SMILES string of the molecule is O=C1NC2(CO1)CN(C(=O)N1CCN(c3ncc(C(F)(F)F)cc3F)CC1)C2. The van der Waals surface area contributed by atoms with Crippen LogP contribution in [-0.4, -0.2) is 78.3 Å². The van der Waals surface area contributed by atoms with Crippen molar-refractivity contribution in [2.75, 3.05) is 50.8 Å². The Morgan fingerprint density at radius 2 is 1.86 bits per heavy atom. The van der Waals surface area contributed by atoms with Crippen LogP contribution in [0.1, 0.15) is 5.56 Å². The van der Waals surface area contributed by atoms with Crippen molar-refractivity contribution in [2.24, 2.45) is 0 Å². The van der Waals surface area contributed by atoms with Gasteiger partial charge >= 0.3 is 18.3 Å². The molecule has 12 heteroatoms. The lowest BCUT2D eigenvalue weighted by Gasteiger charge is -2.48. The molecule has 0 aliphatic carbocycles. The van der Waals surface area contributed by atoms with Crippen molar-refractivity contribution in [1.82, 2.24) is 20.1 Å². The van der Waals surface area contributed by atoms with E-state index >= 15 is 0 Å². The third-order valence-corrected chi connectivity index (χ3v) is 5.10. The first kappa shape index (κ1) is 18.6. The van der Waals surface area contributed by atoms with Gasteiger partial charge in [-0.05, 0) is 6.07 Å². The van der Waals surface area contributed by atoms with Crippen LogP contribution >= 0.6 is 0 Å². The first-order chi connectivity index (χ1) is 13.2. The number of piperazine rings is 1. The minimum atomic E-state index is -4.66. The van der Waals surface area contributed by atoms with E-state index in [1.807, 2.05) is 0 Å². The smallest absolute Gasteiger partial charge is 0.417 e. The molecule has 3 aliphatic rings. The molecule has 0 unspecified atom stereocenters. The van der Waals surface area contributed by atoms with Crippen LogP contribution < -0.4 is 10.2 Å². The van der Waals surface area contributed by atoms with Crippen LogP contribution in [0.3, 0.4) is 0 Å². The van der Waals surface area contributed by atoms with Gasteiger partial charge in [-0.1, -0.05) is 0 Å². The second kappa shape index (κ2) is 6.38. The number of hydrogen-bond donors (Lipinski definition) is 1. The Morgan fingerprint density at radius 1 is 1.18 bits per heavy atom. The number of rotatable bonds is 1. The number of aromatic nitrogens is 1. The number of urea groups is 1. The van der Waals surface area contributed by atoms with E-state index in [0.29, 0.717) is 25.4 Å². The van der Waals surface area contributed by atoms with Crippen molar-refractivity contribution in [1.29, 1.82) is 0 Å². The fourth-order valence-corrected chi connectivity index (χ4v) is 3.61. The first-order valence-corrected chi connectivity index (χ1v) is 8.63. The first-order valence-electron chi connectivity index (χ1n) is 8.63. The van der Waals surface area contributed by atoms with Gasteiger partial charge in [-0.25, -0.2) is 19.0 Å². The number of carbonyl (C=O) groups excluding carboxylic acids is 2. The molecular weight excluding hydrogens is 386 g/mol. The molecule has 1 spiro atoms. The monoisotopic (exact) mass is 403 g/mol. The van der Waals surface area contributed by atoms with Crippen molar-refractivity contribution >= 4 is 17.9 Å². The molecule has 3 fully saturated rings. The normalized spacial score (nSPS) is 21.4. The summed E-state index contributed by atoms with van der Waals surface area (Å²) in [5.74, 6) is -1.20. The number of pyridine rings is 1. The maximum absolute atomic E-state index is 14.1. The summed E-state index contributed by atoms with van der Waals surface area (Å²) >= 11 is 0. The molecule has 8 nitrogen and oxygen atoms in total. The number of carbonyl (C=O) groups is 2. The summed E-state index contributed by atoms with van der Waals surface area (Å²) in [6.45, 7) is 2.00. The molecule has 0 bridgehead atoms. The Balaban J connectivity index is 1.33. The highest BCUT2D eigenvalue weighted by molar-refractivity contribution is 5.78. The Bertz CT molecular complexity index is 804. The van der Waals surface area contributed by atoms with Crippen LogP contribution in [0.2, 0.25) is 0 Å². The van der Waals surface area contributed by atoms with Gasteiger partial charge in [0.1, 0.15) is 12.1 Å². The average molecular weight is 403 g/mol. The van der Waals surface area contributed by atoms with Gasteiger partial charge in [0.25, 0.3) is 0 Å². The van der Waals surface area contributed by atoms with E-state index < -0.39 is 29.2 Å². The van der Waals surface area contributed by atoms with Crippen LogP contribution in [-0.2, 0) is 10.9 Å². The largest absolute Gasteiger partial charge is 0.447 e. The predicted molar refractivity (Wildman–Crippen MR) is 87.2 cm³/mol. The molecule has 4 heterocycles. The zero-order chi connectivity index (χ0) is 20.1. The van der Waals surface area contributed by atoms with E-state index in [1.54, 1.807) is 9.80 Å². The fraction of sp³-hybridized carbons (Fsp3) is 0.562. The molecule has 0 atom stereocenters. The van der Waals surface area contributed by atoms with Crippen LogP contribution in [0.25, 0.3) is 0 Å². The van der Waals surface area contributed by atoms with Gasteiger partial charge in [-0.2, -0.15) is 13.2 Å². The molecule has 1 aromatic rings. The number of hydrogen-bond acceptors (Lipinski definition) is 5. The van der Waals surface area contributed by atoms with E-state index in [-0.39, 0.29) is 44.6 Å². The molecule has 0 radical (unpaired) electrons. The summed E-state index contributed by atoms with van der Waals surface area (Å²) in [6, 6.07) is 0.226. The van der Waals surface area contributed by atoms with Crippen molar-refractivity contribution in [3.63, 3.8) is 0 Å². The zero-order valence-corrected chi connectivity index (χ0v) is 14.6. The molecule has 0 saturated carbocycles. The molecule has 3 amide bonds. The minimum absolute atomic E-state index is 0.159. The topological polar surface area (TPSA) is 78.0 Å². The molecule has 3 aliphatic heterocycles. The summed E-state index contributed by atoms with van der Waals surface area (Å²) in [6.07, 6.45) is -4.55. The van der Waals surface area contributed by atoms with Gasteiger partial charge in [-0.3, -0.25) is 0 Å². The van der Waals surface area contributed by atoms with Crippen LogP contribution in [0.5, 0.6) is 0 Å². The third kappa shape index (κ3) is 3.27. The second-order valence-corrected chi connectivity index (χ2v) is 7.12. The number of alkyl carbamates (subject to hydrolysis) is 1. The Kier molecular flexibility index (Phi) is 4.23. The van der Waals surface area contributed by atoms with Crippen LogP contribution in [0, 0.1) is 5.82 Å². The van der Waals surface area contributed by atoms with Gasteiger partial charge < -0.3 is 24.8 Å². The summed E-state index contributed by atoms with van der Waals surface area (Å²) < 4.78 is 56.8. The number of likely N-dealkylation sites (tertiary alicyclic amines) is 1. The van der Waals surface area contributed by atoms with E-state index in [0.717, 1.165) is 0 Å². The maximum atomic E-state index is 14.1. The molecule has 0 aromatic carbocycles. The molecule has 1 aromatic heterocycles. The van der Waals surface area contributed by atoms with E-state index in [2.05, 4.69) is 10.3 Å². The van der Waals surface area contributed by atoms with Crippen molar-refractivity contribution in [3.8, 4) is 0 Å². The molecule has 1 N–H and O–H groups in total. The number of amides is 3. The fourth-order valence-electron chi connectivity index (χ4n) is 3.61. The van der Waals surface area contributed by atoms with E-state index in [1.165, 1.54) is 4.90 Å². The van der Waals surface area contributed by atoms with Gasteiger partial charge in [0.2, 0.25) is 0 Å². The number of ether oxygens (including phenoxy) is 1. The lowest BCUT2D eigenvalue weighted by Crippen LogP contribution is -2.72. The van der Waals surface area contributed by atoms with Crippen LogP contribution in [0.4, 0.5) is 33.0 Å². The highest BCUT2D eigenvalue weighted by Gasteiger charge is 2.52. The van der Waals surface area contributed by atoms with Gasteiger partial charge in [0.15, 0.2) is 11.6 Å². The molecule has 28 heavy (non-hydrogen) atoms. The highest BCUT2D eigenvalue weighted by Crippen LogP contribution is 2.31. The number of alkyl halides is 3. The summed E-state index contributed by atoms with van der Waals surface area (Å²) in [5.41, 5.74) is -1.65. The average Bonchev–Trinajstić information content (AvgIpc) is 3.01. The lowest BCUT2D eigenvalue weighted by atomic mass is 9.92. The minimum Gasteiger partial charge on any atom is -0.447 e. The van der Waals surface area contributed by atoms with E-state index in [9.17, 15) is 27.2 Å². The second-order valence-electron chi connectivity index (χ2n) is 7.12. The summed E-state index contributed by atoms with van der Waals surface area (Å²) in [4.78, 5) is 32.0. The molecule has 152 valence electrons. The summed E-state index contributed by atoms with van der Waals surface area (Å²) in [7, 11) is 0. The highest BCUT2D eigenvalue weighted by atomic mass is 19.4. The zero-order valence-electron chi connectivity index (χ0n) is 14.6. The standard InChI is InChI=1S/C16H17F4N5O3/c17-11-5-10(16(18,19)20)6-21-12(11)23-1-3-24(4-2-23)14(27)25-7-15(8-25)9-28-13(26)22-15/h5-6H,1-4,7-9H2,(H,22,26). The third-order valence-electron chi connectivity index (χ3n) is 5.10. The van der Waals surface area contributed by atoms with Crippen molar-refractivity contribution in [2.45, 2.75) is 11.7 Å². The van der Waals surface area contributed by atoms with Gasteiger partial charge in [-0.15, -0.1) is 0 Å². The van der Waals surface area contributed by atoms with Crippen molar-refractivity contribution < 1.29 is 31.9 Å². The molecular formula is C16H17F4N5O3. The van der Waals surface area contributed by atoms with Crippen molar-refractivity contribution in [3.05, 3.63) is 23.6 Å². The molecule has 3 saturated heterocycles. The Morgan fingerprint density at radius 3 is 2.39 bits per heavy atom. The predicted octanol–water partition coefficient (Wildman–Crippen LogP) is 1.28. The Labute approximate surface area is 157 Å². The number of nitrogens with one attached hydrogen (secondary N) is 1. The quantitative estimate of drug-likeness (QED) is 0.715. The van der Waals surface area contributed by atoms with Gasteiger partial charge in [0.05, 0.1) is 18.7 Å². The van der Waals surface area contributed by atoms with Crippen LogP contribution in [0.15, 0.2) is 12.3 Å². The van der Waals surface area contributed by atoms with E-state index in [4.69, 9.17) is 4.74 Å². The number of nitrogens with zero attached hydrogens (tertiary/aromatic N) is 4. The number of halogens is 4. The lowest BCUT2D eigenvalue weighted by molar-refractivity contribution is -0.138.